The van der Waals surface area contributed by atoms with E-state index < -0.39 is 144 Å². The van der Waals surface area contributed by atoms with Crippen molar-refractivity contribution in [1.29, 1.82) is 0 Å². The van der Waals surface area contributed by atoms with Crippen LogP contribution in [0.15, 0.2) is 78.9 Å². The van der Waals surface area contributed by atoms with Gasteiger partial charge in [-0.2, -0.15) is 0 Å². The van der Waals surface area contributed by atoms with E-state index in [0.717, 1.165) is 4.90 Å². The summed E-state index contributed by atoms with van der Waals surface area (Å²) >= 11 is 0. The van der Waals surface area contributed by atoms with Crippen LogP contribution in [0, 0.1) is 5.92 Å². The topological polar surface area (TPSA) is 437 Å². The van der Waals surface area contributed by atoms with Crippen LogP contribution < -0.4 is 42.4 Å². The van der Waals surface area contributed by atoms with Gasteiger partial charge < -0.3 is 81.5 Å². The fraction of sp³-hybridized carbons (Fsp3) is 0.431. The molecule has 4 unspecified atom stereocenters. The zero-order chi connectivity index (χ0) is 68.7. The number of ketones is 3. The summed E-state index contributed by atoms with van der Waals surface area (Å²) < 4.78 is 28.1. The lowest BCUT2D eigenvalue weighted by molar-refractivity contribution is -0.212. The molecule has 0 spiro atoms. The number of aliphatic hydroxyl groups is 3. The van der Waals surface area contributed by atoms with Gasteiger partial charge in [0.2, 0.25) is 23.5 Å². The van der Waals surface area contributed by atoms with E-state index in [1.54, 1.807) is 50.2 Å². The molecule has 0 saturated heterocycles. The predicted molar refractivity (Wildman–Crippen MR) is 333 cm³/mol. The second-order valence-corrected chi connectivity index (χ2v) is 23.2. The van der Waals surface area contributed by atoms with E-state index in [-0.39, 0.29) is 91.3 Å². The van der Waals surface area contributed by atoms with Crippen LogP contribution in [0.25, 0.3) is 0 Å². The average molecular weight is 1310 g/mol. The molecule has 1 aliphatic heterocycles. The average Bonchev–Trinajstić information content (AvgIpc) is 0.760. The van der Waals surface area contributed by atoms with Gasteiger partial charge in [0.1, 0.15) is 54.8 Å². The number of hydrogen-bond donors (Lipinski definition) is 12. The van der Waals surface area contributed by atoms with E-state index in [1.807, 2.05) is 0 Å². The number of phenols is 2. The number of anilines is 2. The largest absolute Gasteiger partial charge is 0.507 e. The number of rotatable bonds is 31. The molecule has 7 rings (SSSR count). The molecular formula is C65H78N8O21. The highest BCUT2D eigenvalue weighted by molar-refractivity contribution is 6.31. The van der Waals surface area contributed by atoms with E-state index in [2.05, 4.69) is 31.9 Å². The zero-order valence-electron chi connectivity index (χ0n) is 52.6. The molecular weight excluding hydrogens is 1230 g/mol. The van der Waals surface area contributed by atoms with Gasteiger partial charge in [-0.1, -0.05) is 56.7 Å². The van der Waals surface area contributed by atoms with Gasteiger partial charge in [0.25, 0.3) is 11.8 Å². The van der Waals surface area contributed by atoms with Crippen molar-refractivity contribution in [3.8, 4) is 17.2 Å². The summed E-state index contributed by atoms with van der Waals surface area (Å²) in [6.45, 7) is 6.60. The van der Waals surface area contributed by atoms with Gasteiger partial charge >= 0.3 is 18.2 Å². The molecule has 9 amide bonds. The number of hydrogen-bond acceptors (Lipinski definition) is 21. The van der Waals surface area contributed by atoms with Gasteiger partial charge in [-0.25, -0.2) is 14.4 Å². The summed E-state index contributed by atoms with van der Waals surface area (Å²) in [4.78, 5) is 143. The molecule has 94 heavy (non-hydrogen) atoms. The maximum Gasteiger partial charge on any atom is 0.411 e. The quantitative estimate of drug-likeness (QED) is 0.0130. The van der Waals surface area contributed by atoms with Gasteiger partial charge in [-0.15, -0.1) is 0 Å². The molecule has 0 aromatic heterocycles. The lowest BCUT2D eigenvalue weighted by Gasteiger charge is -2.39. The Bertz CT molecular complexity index is 3540. The van der Waals surface area contributed by atoms with Crippen molar-refractivity contribution in [3.05, 3.63) is 123 Å². The molecule has 0 saturated carbocycles. The Balaban J connectivity index is 0.847. The fourth-order valence-electron chi connectivity index (χ4n) is 11.0. The second kappa shape index (κ2) is 32.2. The molecule has 1 heterocycles. The molecule has 2 aliphatic carbocycles. The number of fused-ring (bicyclic) bond motifs is 3. The molecule has 4 aromatic carbocycles. The number of primary amides is 1. The summed E-state index contributed by atoms with van der Waals surface area (Å²) in [6.07, 6.45) is -4.05. The summed E-state index contributed by atoms with van der Waals surface area (Å²) in [6, 6.07) is 12.9. The number of carbonyl (C=O) groups excluding carboxylic acids is 11. The summed E-state index contributed by atoms with van der Waals surface area (Å²) in [5, 5.41) is 71.8. The Morgan fingerprint density at radius 1 is 0.723 bits per heavy atom. The number of carbonyl (C=O) groups is 11. The molecule has 4 aromatic rings. The van der Waals surface area contributed by atoms with Gasteiger partial charge in [0.05, 0.1) is 48.2 Å². The number of methoxy groups -OCH3 is 1. The number of Topliss-reactive ketones (excluding diaryl/α,β-unsaturated/α-hetero) is 1. The number of nitrogens with two attached hydrogens (primary N) is 1. The minimum Gasteiger partial charge on any atom is -0.507 e. The normalized spacial score (nSPS) is 17.5. The van der Waals surface area contributed by atoms with Crippen LogP contribution in [0.2, 0.25) is 0 Å². The Hall–Kier alpha value is -9.81. The standard InChI is InChI=1S/C65H78N8O21/c1-33(2)54(72-47(76)15-8-7-9-27-73-48(77)24-25-49(73)78)61(85)71-43(13-11-26-67-62(66)86)60(84)69-39-20-16-37(17-21-39)32-92-64(88)70-40-22-18-38(19-23-40)31-91-63(87)68-34(3)55(79)35(4)93-36(5)94-45-29-65(89,46(75)30-74)28-42-51(45)59(83)53-52(57(42)81)56(80)41-12-10-14-44(90-6)50(41)58(53)82/h10,12,14,16-25,33-36,43,45,54-55,74,79,81,83,89H,7-9,11,13,15,26-32H2,1-6H3,(H,68,87)(H,69,84)(H,70,88)(H,71,85)(H,72,76)(H3,66,67,86)/t34?,35-,36?,43+,45+,54?,55?,65+/m1/s1. The van der Waals surface area contributed by atoms with Crippen molar-refractivity contribution < 1.29 is 102 Å². The first-order valence-corrected chi connectivity index (χ1v) is 30.4. The van der Waals surface area contributed by atoms with Crippen LogP contribution in [-0.2, 0) is 67.3 Å². The molecule has 29 nitrogen and oxygen atoms in total. The number of aliphatic hydroxyl groups excluding tert-OH is 2. The SMILES string of the molecule is COc1cccc2c1C(=O)c1c(O)c3c(c(O)c1C2=O)C[C@@](O)(C(=O)CO)C[C@@H]3OC(C)O[C@H](C)C(O)C(C)NC(=O)OCc1ccc(NC(=O)OCc2ccc(NC(=O)[C@H](CCCNC(N)=O)NC(=O)C(NC(=O)CCCCCN3C(=O)C=CC3=O)C(C)C)cc2)cc1. The van der Waals surface area contributed by atoms with Crippen LogP contribution in [0.5, 0.6) is 17.2 Å². The third kappa shape index (κ3) is 17.9. The van der Waals surface area contributed by atoms with Gasteiger partial charge in [-0.05, 0) is 93.8 Å². The number of unbranched alkanes of at least 4 members (excludes halogenated alkanes) is 2. The highest BCUT2D eigenvalue weighted by atomic mass is 16.7. The number of ether oxygens (including phenoxy) is 5. The molecule has 0 fully saturated rings. The van der Waals surface area contributed by atoms with Gasteiger partial charge in [0, 0.05) is 72.6 Å². The molecule has 504 valence electrons. The molecule has 29 heteroatoms. The van der Waals surface area contributed by atoms with Crippen LogP contribution in [0.3, 0.4) is 0 Å². The zero-order valence-corrected chi connectivity index (χ0v) is 52.6. The highest BCUT2D eigenvalue weighted by Gasteiger charge is 2.50. The van der Waals surface area contributed by atoms with Crippen molar-refractivity contribution in [3.63, 3.8) is 0 Å². The van der Waals surface area contributed by atoms with Crippen LogP contribution in [-0.4, -0.2) is 165 Å². The number of nitrogens with zero attached hydrogens (tertiary/aromatic N) is 1. The van der Waals surface area contributed by atoms with E-state index in [4.69, 9.17) is 29.4 Å². The molecule has 8 atom stereocenters. The summed E-state index contributed by atoms with van der Waals surface area (Å²) in [5.41, 5.74) is 2.63. The summed E-state index contributed by atoms with van der Waals surface area (Å²) in [5.74, 6) is -7.01. The number of phenolic OH excluding ortho intramolecular Hbond substituents is 2. The fourth-order valence-corrected chi connectivity index (χ4v) is 11.0. The molecule has 0 bridgehead atoms. The Morgan fingerprint density at radius 2 is 1.34 bits per heavy atom. The third-order valence-electron chi connectivity index (χ3n) is 16.1. The third-order valence-corrected chi connectivity index (χ3v) is 16.1. The first-order valence-electron chi connectivity index (χ1n) is 30.4. The van der Waals surface area contributed by atoms with Crippen LogP contribution >= 0.6 is 0 Å². The molecule has 3 aliphatic rings. The van der Waals surface area contributed by atoms with Crippen LogP contribution in [0.4, 0.5) is 25.8 Å². The molecule has 13 N–H and O–H groups in total. The Labute approximate surface area is 540 Å². The predicted octanol–water partition coefficient (Wildman–Crippen LogP) is 3.85. The monoisotopic (exact) mass is 1310 g/mol. The lowest BCUT2D eigenvalue weighted by atomic mass is 9.72. The molecule has 0 radical (unpaired) electrons. The van der Waals surface area contributed by atoms with Crippen molar-refractivity contribution in [2.45, 2.75) is 148 Å². The maximum absolute atomic E-state index is 14.0. The van der Waals surface area contributed by atoms with E-state index in [9.17, 15) is 78.3 Å². The smallest absolute Gasteiger partial charge is 0.411 e. The number of aromatic hydroxyl groups is 2. The minimum atomic E-state index is -2.39. The van der Waals surface area contributed by atoms with E-state index in [0.29, 0.717) is 41.8 Å². The van der Waals surface area contributed by atoms with E-state index in [1.165, 1.54) is 70.4 Å². The first kappa shape index (κ1) is 71.6. The summed E-state index contributed by atoms with van der Waals surface area (Å²) in [7, 11) is 1.29. The highest BCUT2D eigenvalue weighted by Crippen LogP contribution is 2.52. The van der Waals surface area contributed by atoms with Crippen LogP contribution in [0.1, 0.15) is 140 Å². The van der Waals surface area contributed by atoms with Gasteiger partial charge in [0.15, 0.2) is 17.9 Å². The van der Waals surface area contributed by atoms with E-state index >= 15 is 0 Å². The lowest BCUT2D eigenvalue weighted by Crippen LogP contribution is -2.54. The number of amides is 9. The van der Waals surface area contributed by atoms with Gasteiger partial charge in [-0.3, -0.25) is 48.6 Å². The van der Waals surface area contributed by atoms with Crippen molar-refractivity contribution in [2.75, 3.05) is 37.4 Å². The van der Waals surface area contributed by atoms with Crippen molar-refractivity contribution >= 4 is 76.5 Å². The number of urea groups is 1. The minimum absolute atomic E-state index is 0.0300. The maximum atomic E-state index is 14.0. The Kier molecular flexibility index (Phi) is 24.5. The number of alkyl carbamates (subject to hydrolysis) is 1. The number of nitrogens with one attached hydrogen (secondary N) is 6. The first-order chi connectivity index (χ1) is 44.6. The van der Waals surface area contributed by atoms with Crippen molar-refractivity contribution in [1.82, 2.24) is 26.2 Å². The second-order valence-electron chi connectivity index (χ2n) is 23.2. The van der Waals surface area contributed by atoms with Crippen molar-refractivity contribution in [2.24, 2.45) is 11.7 Å². The Morgan fingerprint density at radius 3 is 1.95 bits per heavy atom. The number of benzene rings is 4. The number of imide groups is 1.